The van der Waals surface area contributed by atoms with Gasteiger partial charge in [-0.25, -0.2) is 12.7 Å². The van der Waals surface area contributed by atoms with Crippen molar-refractivity contribution in [2.75, 3.05) is 14.1 Å². The van der Waals surface area contributed by atoms with E-state index in [0.717, 1.165) is 4.31 Å². The summed E-state index contributed by atoms with van der Waals surface area (Å²) in [6.07, 6.45) is 1.45. The lowest BCUT2D eigenvalue weighted by atomic mass is 10.2. The minimum Gasteiger partial charge on any atom is -0.463 e. The lowest BCUT2D eigenvalue weighted by molar-refractivity contribution is 0.0845. The Labute approximate surface area is 171 Å². The van der Waals surface area contributed by atoms with E-state index in [4.69, 9.17) is 4.42 Å². The maximum atomic E-state index is 12.3. The molecule has 30 heavy (non-hydrogen) atoms. The van der Waals surface area contributed by atoms with Crippen LogP contribution in [-0.4, -0.2) is 43.6 Å². The number of sulfonamides is 1. The number of aromatic nitrogens is 1. The van der Waals surface area contributed by atoms with E-state index in [9.17, 15) is 22.8 Å². The van der Waals surface area contributed by atoms with Crippen molar-refractivity contribution in [3.8, 4) is 11.5 Å². The molecule has 0 bridgehead atoms. The zero-order valence-corrected chi connectivity index (χ0v) is 16.8. The van der Waals surface area contributed by atoms with Gasteiger partial charge in [0, 0.05) is 19.7 Å². The molecule has 3 rings (SSSR count). The van der Waals surface area contributed by atoms with E-state index in [1.54, 1.807) is 12.1 Å². The van der Waals surface area contributed by atoms with Crippen LogP contribution in [0.2, 0.25) is 0 Å². The molecule has 0 aliphatic rings. The predicted octanol–water partition coefficient (Wildman–Crippen LogP) is 0.960. The smallest absolute Gasteiger partial charge is 0.275 e. The zero-order valence-electron chi connectivity index (χ0n) is 16.0. The number of furan rings is 1. The predicted molar refractivity (Wildman–Crippen MR) is 107 cm³/mol. The van der Waals surface area contributed by atoms with Gasteiger partial charge < -0.3 is 9.40 Å². The first-order valence-electron chi connectivity index (χ1n) is 8.60. The number of aromatic amines is 1. The molecular formula is C19H18N4O6S. The molecule has 0 unspecified atom stereocenters. The molecule has 11 heteroatoms. The van der Waals surface area contributed by atoms with Crippen molar-refractivity contribution >= 4 is 21.8 Å². The Balaban J connectivity index is 1.71. The van der Waals surface area contributed by atoms with Crippen molar-refractivity contribution in [2.24, 2.45) is 0 Å². The molecule has 0 aliphatic carbocycles. The van der Waals surface area contributed by atoms with E-state index in [1.165, 1.54) is 56.8 Å². The van der Waals surface area contributed by atoms with Crippen molar-refractivity contribution in [1.82, 2.24) is 20.1 Å². The van der Waals surface area contributed by atoms with Gasteiger partial charge in [0.25, 0.3) is 17.4 Å². The quantitative estimate of drug-likeness (QED) is 0.515. The number of pyridine rings is 1. The number of H-pyrrole nitrogens is 1. The Hall–Kier alpha value is -3.70. The fourth-order valence-corrected chi connectivity index (χ4v) is 3.44. The summed E-state index contributed by atoms with van der Waals surface area (Å²) in [5.41, 5.74) is 3.80. The Morgan fingerprint density at radius 1 is 1.00 bits per heavy atom. The van der Waals surface area contributed by atoms with Crippen molar-refractivity contribution in [2.45, 2.75) is 4.90 Å². The van der Waals surface area contributed by atoms with Crippen LogP contribution in [0.3, 0.4) is 0 Å². The van der Waals surface area contributed by atoms with Crippen LogP contribution in [0.1, 0.15) is 20.7 Å². The Kier molecular flexibility index (Phi) is 5.85. The molecule has 0 atom stereocenters. The Bertz CT molecular complexity index is 1250. The fraction of sp³-hybridized carbons (Fsp3) is 0.105. The van der Waals surface area contributed by atoms with Gasteiger partial charge in [-0.15, -0.1) is 0 Å². The van der Waals surface area contributed by atoms with Crippen LogP contribution in [0.4, 0.5) is 0 Å². The third-order valence-corrected chi connectivity index (χ3v) is 5.92. The molecule has 0 saturated carbocycles. The van der Waals surface area contributed by atoms with E-state index >= 15 is 0 Å². The number of carbonyl (C=O) groups excluding carboxylic acids is 2. The summed E-state index contributed by atoms with van der Waals surface area (Å²) in [7, 11) is -0.979. The number of amides is 2. The number of hydrogen-bond acceptors (Lipinski definition) is 6. The van der Waals surface area contributed by atoms with Crippen molar-refractivity contribution in [1.29, 1.82) is 0 Å². The van der Waals surface area contributed by atoms with E-state index < -0.39 is 27.4 Å². The SMILES string of the molecule is CN(C)S(=O)(=O)c1cccc(C(=O)NNC(=O)c2ccc(-c3ccco3)[nH]c2=O)c1. The normalized spacial score (nSPS) is 11.3. The standard InChI is InChI=1S/C19H18N4O6S/c1-23(2)30(27,28)13-6-3-5-12(11-13)17(24)21-22-19(26)14-8-9-15(20-18(14)25)16-7-4-10-29-16/h3-11H,1-2H3,(H,20,25)(H,21,24)(H,22,26). The second-order valence-corrected chi connectivity index (χ2v) is 8.47. The second-order valence-electron chi connectivity index (χ2n) is 6.32. The lowest BCUT2D eigenvalue weighted by Gasteiger charge is -2.12. The minimum absolute atomic E-state index is 0.0142. The maximum Gasteiger partial charge on any atom is 0.275 e. The van der Waals surface area contributed by atoms with Gasteiger partial charge in [-0.1, -0.05) is 6.07 Å². The summed E-state index contributed by atoms with van der Waals surface area (Å²) in [4.78, 5) is 39.1. The average Bonchev–Trinajstić information content (AvgIpc) is 3.26. The number of rotatable bonds is 5. The van der Waals surface area contributed by atoms with Crippen LogP contribution >= 0.6 is 0 Å². The van der Waals surface area contributed by atoms with Crippen LogP contribution in [0.5, 0.6) is 0 Å². The molecule has 10 nitrogen and oxygen atoms in total. The molecule has 3 aromatic rings. The number of benzene rings is 1. The number of nitrogens with zero attached hydrogens (tertiary/aromatic N) is 1. The van der Waals surface area contributed by atoms with E-state index in [2.05, 4.69) is 15.8 Å². The summed E-state index contributed by atoms with van der Waals surface area (Å²) in [5, 5.41) is 0. The second kappa shape index (κ2) is 8.35. The highest BCUT2D eigenvalue weighted by Gasteiger charge is 2.19. The molecular weight excluding hydrogens is 412 g/mol. The van der Waals surface area contributed by atoms with Gasteiger partial charge in [-0.3, -0.25) is 25.2 Å². The summed E-state index contributed by atoms with van der Waals surface area (Å²) < 4.78 is 30.6. The van der Waals surface area contributed by atoms with Gasteiger partial charge in [0.15, 0.2) is 0 Å². The first-order chi connectivity index (χ1) is 14.2. The topological polar surface area (TPSA) is 142 Å². The highest BCUT2D eigenvalue weighted by Crippen LogP contribution is 2.16. The minimum atomic E-state index is -3.72. The first kappa shape index (κ1) is 21.0. The molecule has 0 aliphatic heterocycles. The number of nitrogens with one attached hydrogen (secondary N) is 3. The highest BCUT2D eigenvalue weighted by atomic mass is 32.2. The fourth-order valence-electron chi connectivity index (χ4n) is 2.49. The van der Waals surface area contributed by atoms with Crippen LogP contribution in [0, 0.1) is 0 Å². The van der Waals surface area contributed by atoms with Crippen molar-refractivity contribution < 1.29 is 22.4 Å². The maximum absolute atomic E-state index is 12.3. The molecule has 0 fully saturated rings. The van der Waals surface area contributed by atoms with Gasteiger partial charge in [-0.05, 0) is 42.5 Å². The Morgan fingerprint density at radius 3 is 2.37 bits per heavy atom. The summed E-state index contributed by atoms with van der Waals surface area (Å²) in [6, 6.07) is 11.4. The molecule has 156 valence electrons. The molecule has 0 radical (unpaired) electrons. The van der Waals surface area contributed by atoms with Crippen molar-refractivity contribution in [3.63, 3.8) is 0 Å². The number of hydrogen-bond donors (Lipinski definition) is 3. The summed E-state index contributed by atoms with van der Waals surface area (Å²) >= 11 is 0. The van der Waals surface area contributed by atoms with Gasteiger partial charge in [-0.2, -0.15) is 0 Å². The lowest BCUT2D eigenvalue weighted by Crippen LogP contribution is -2.43. The third kappa shape index (κ3) is 4.31. The molecule has 3 N–H and O–H groups in total. The molecule has 0 spiro atoms. The molecule has 2 heterocycles. The summed E-state index contributed by atoms with van der Waals surface area (Å²) in [5.74, 6) is -1.16. The van der Waals surface area contributed by atoms with Gasteiger partial charge >= 0.3 is 0 Å². The first-order valence-corrected chi connectivity index (χ1v) is 10.0. The molecule has 2 aromatic heterocycles. The largest absolute Gasteiger partial charge is 0.463 e. The zero-order chi connectivity index (χ0) is 21.9. The number of hydrazine groups is 1. The summed E-state index contributed by atoms with van der Waals surface area (Å²) in [6.45, 7) is 0. The average molecular weight is 430 g/mol. The monoisotopic (exact) mass is 430 g/mol. The van der Waals surface area contributed by atoms with Crippen LogP contribution in [0.25, 0.3) is 11.5 Å². The van der Waals surface area contributed by atoms with E-state index in [0.29, 0.717) is 11.5 Å². The van der Waals surface area contributed by atoms with Gasteiger partial charge in [0.1, 0.15) is 11.3 Å². The van der Waals surface area contributed by atoms with Crippen LogP contribution < -0.4 is 16.4 Å². The van der Waals surface area contributed by atoms with Gasteiger partial charge in [0.05, 0.1) is 16.9 Å². The molecule has 0 saturated heterocycles. The van der Waals surface area contributed by atoms with Gasteiger partial charge in [0.2, 0.25) is 10.0 Å². The van der Waals surface area contributed by atoms with Crippen LogP contribution in [0.15, 0.2) is 68.9 Å². The molecule has 2 amide bonds. The number of carbonyl (C=O) groups is 2. The van der Waals surface area contributed by atoms with E-state index in [-0.39, 0.29) is 16.0 Å². The third-order valence-electron chi connectivity index (χ3n) is 4.11. The van der Waals surface area contributed by atoms with E-state index in [1.807, 2.05) is 0 Å². The van der Waals surface area contributed by atoms with Crippen molar-refractivity contribution in [3.05, 3.63) is 76.3 Å². The Morgan fingerprint density at radius 2 is 1.73 bits per heavy atom. The molecule has 1 aromatic carbocycles. The van der Waals surface area contributed by atoms with Crippen LogP contribution in [-0.2, 0) is 10.0 Å². The highest BCUT2D eigenvalue weighted by molar-refractivity contribution is 7.89.